The van der Waals surface area contributed by atoms with Gasteiger partial charge in [0.05, 0.1) is 4.75 Å². The molecule has 0 spiro atoms. The molecule has 21 heavy (non-hydrogen) atoms. The fraction of sp³-hybridized carbons (Fsp3) is 0.562. The van der Waals surface area contributed by atoms with E-state index in [1.807, 2.05) is 37.9 Å². The van der Waals surface area contributed by atoms with Crippen LogP contribution in [0.1, 0.15) is 26.7 Å². The van der Waals surface area contributed by atoms with Crippen molar-refractivity contribution in [2.24, 2.45) is 0 Å². The molecule has 5 heteroatoms. The Labute approximate surface area is 140 Å². The maximum atomic E-state index is 12.8. The van der Waals surface area contributed by atoms with Crippen LogP contribution < -0.4 is 5.32 Å². The van der Waals surface area contributed by atoms with Crippen LogP contribution in [0.2, 0.25) is 0 Å². The number of amides is 1. The van der Waals surface area contributed by atoms with Crippen molar-refractivity contribution in [3.8, 4) is 0 Å². The highest BCUT2D eigenvalue weighted by molar-refractivity contribution is 9.10. The Hall–Kier alpha value is -0.520. The number of likely N-dealkylation sites (N-methyl/N-ethyl adjacent to an activating group) is 1. The van der Waals surface area contributed by atoms with Gasteiger partial charge in [-0.05, 0) is 58.0 Å². The molecule has 0 bridgehead atoms. The highest BCUT2D eigenvalue weighted by Crippen LogP contribution is 2.35. The molecule has 0 saturated carbocycles. The van der Waals surface area contributed by atoms with E-state index in [9.17, 15) is 4.79 Å². The second-order valence-electron chi connectivity index (χ2n) is 5.95. The number of nitrogens with one attached hydrogen (secondary N) is 1. The topological polar surface area (TPSA) is 32.3 Å². The molecule has 116 valence electrons. The number of carbonyl (C=O) groups excluding carboxylic acids is 1. The number of piperidine rings is 1. The van der Waals surface area contributed by atoms with Crippen LogP contribution in [-0.4, -0.2) is 41.7 Å². The SMILES string of the molecule is CNC1CCCN(C(=O)C(C)(C)Sc2ccc(Br)cc2)C1. The molecular weight excluding hydrogens is 348 g/mol. The van der Waals surface area contributed by atoms with Crippen LogP contribution in [0.15, 0.2) is 33.6 Å². The van der Waals surface area contributed by atoms with E-state index in [0.29, 0.717) is 6.04 Å². The van der Waals surface area contributed by atoms with Crippen LogP contribution in [0.4, 0.5) is 0 Å². The van der Waals surface area contributed by atoms with Crippen LogP contribution in [0.25, 0.3) is 0 Å². The van der Waals surface area contributed by atoms with Crippen molar-refractivity contribution in [3.05, 3.63) is 28.7 Å². The number of likely N-dealkylation sites (tertiary alicyclic amines) is 1. The Kier molecular flexibility index (Phi) is 5.74. The van der Waals surface area contributed by atoms with Crippen molar-refractivity contribution in [3.63, 3.8) is 0 Å². The lowest BCUT2D eigenvalue weighted by atomic mass is 10.0. The number of carbonyl (C=O) groups is 1. The van der Waals surface area contributed by atoms with E-state index in [1.165, 1.54) is 0 Å². The first-order chi connectivity index (χ1) is 9.92. The van der Waals surface area contributed by atoms with Crippen LogP contribution in [0.3, 0.4) is 0 Å². The van der Waals surface area contributed by atoms with Gasteiger partial charge in [-0.2, -0.15) is 0 Å². The van der Waals surface area contributed by atoms with Crippen molar-refractivity contribution < 1.29 is 4.79 Å². The first-order valence-corrected chi connectivity index (χ1v) is 8.94. The van der Waals surface area contributed by atoms with Gasteiger partial charge in [0, 0.05) is 28.5 Å². The standard InChI is InChI=1S/C16H23BrN2OS/c1-16(2,21-14-8-6-12(17)7-9-14)15(20)19-10-4-5-13(11-19)18-3/h6-9,13,18H,4-5,10-11H2,1-3H3. The maximum absolute atomic E-state index is 12.8. The molecule has 1 N–H and O–H groups in total. The van der Waals surface area contributed by atoms with E-state index in [0.717, 1.165) is 35.3 Å². The van der Waals surface area contributed by atoms with Gasteiger partial charge in [-0.15, -0.1) is 11.8 Å². The van der Waals surface area contributed by atoms with Gasteiger partial charge in [0.25, 0.3) is 0 Å². The molecule has 1 aromatic rings. The molecule has 0 aromatic heterocycles. The van der Waals surface area contributed by atoms with E-state index in [2.05, 4.69) is 33.4 Å². The van der Waals surface area contributed by atoms with Gasteiger partial charge < -0.3 is 10.2 Å². The molecule has 1 aliphatic heterocycles. The average Bonchev–Trinajstić information content (AvgIpc) is 2.48. The normalized spacial score (nSPS) is 19.6. The second kappa shape index (κ2) is 7.16. The molecule has 1 amide bonds. The molecular formula is C16H23BrN2OS. The highest BCUT2D eigenvalue weighted by Gasteiger charge is 2.35. The Balaban J connectivity index is 2.03. The molecule has 1 fully saturated rings. The number of thioether (sulfide) groups is 1. The maximum Gasteiger partial charge on any atom is 0.238 e. The summed E-state index contributed by atoms with van der Waals surface area (Å²) in [6, 6.07) is 8.56. The van der Waals surface area contributed by atoms with Crippen molar-refractivity contribution in [1.29, 1.82) is 0 Å². The minimum atomic E-state index is -0.441. The van der Waals surface area contributed by atoms with E-state index >= 15 is 0 Å². The third-order valence-electron chi connectivity index (χ3n) is 3.82. The van der Waals surface area contributed by atoms with Crippen LogP contribution in [0, 0.1) is 0 Å². The van der Waals surface area contributed by atoms with E-state index in [1.54, 1.807) is 11.8 Å². The second-order valence-corrected chi connectivity index (χ2v) is 8.56. The van der Waals surface area contributed by atoms with Crippen molar-refractivity contribution in [2.45, 2.75) is 42.4 Å². The van der Waals surface area contributed by atoms with E-state index < -0.39 is 4.75 Å². The monoisotopic (exact) mass is 370 g/mol. The number of nitrogens with zero attached hydrogens (tertiary/aromatic N) is 1. The number of hydrogen-bond acceptors (Lipinski definition) is 3. The Morgan fingerprint density at radius 3 is 2.67 bits per heavy atom. The lowest BCUT2D eigenvalue weighted by Gasteiger charge is -2.37. The fourth-order valence-electron chi connectivity index (χ4n) is 2.62. The molecule has 1 aliphatic rings. The van der Waals surface area contributed by atoms with E-state index in [4.69, 9.17) is 0 Å². The molecule has 0 aliphatic carbocycles. The fourth-order valence-corrected chi connectivity index (χ4v) is 3.96. The minimum absolute atomic E-state index is 0.232. The number of benzene rings is 1. The molecule has 0 radical (unpaired) electrons. The molecule has 3 nitrogen and oxygen atoms in total. The van der Waals surface area contributed by atoms with Gasteiger partial charge in [0.15, 0.2) is 0 Å². The zero-order valence-electron chi connectivity index (χ0n) is 12.9. The lowest BCUT2D eigenvalue weighted by Crippen LogP contribution is -2.51. The van der Waals surface area contributed by atoms with Gasteiger partial charge in [-0.25, -0.2) is 0 Å². The van der Waals surface area contributed by atoms with E-state index in [-0.39, 0.29) is 5.91 Å². The Morgan fingerprint density at radius 2 is 2.05 bits per heavy atom. The summed E-state index contributed by atoms with van der Waals surface area (Å²) in [7, 11) is 1.97. The van der Waals surface area contributed by atoms with Crippen LogP contribution in [-0.2, 0) is 4.79 Å². The quantitative estimate of drug-likeness (QED) is 0.822. The number of halogens is 1. The third kappa shape index (κ3) is 4.47. The number of hydrogen-bond donors (Lipinski definition) is 1. The number of rotatable bonds is 4. The predicted molar refractivity (Wildman–Crippen MR) is 92.7 cm³/mol. The van der Waals surface area contributed by atoms with Gasteiger partial charge in [-0.3, -0.25) is 4.79 Å². The summed E-state index contributed by atoms with van der Waals surface area (Å²) in [6.07, 6.45) is 2.23. The summed E-state index contributed by atoms with van der Waals surface area (Å²) in [5.41, 5.74) is 0. The summed E-state index contributed by atoms with van der Waals surface area (Å²) >= 11 is 5.07. The average molecular weight is 371 g/mol. The van der Waals surface area contributed by atoms with Gasteiger partial charge in [0.2, 0.25) is 5.91 Å². The van der Waals surface area contributed by atoms with Crippen molar-refractivity contribution >= 4 is 33.6 Å². The van der Waals surface area contributed by atoms with Gasteiger partial charge in [0.1, 0.15) is 0 Å². The zero-order chi connectivity index (χ0) is 15.5. The summed E-state index contributed by atoms with van der Waals surface area (Å²) in [6.45, 7) is 5.73. The van der Waals surface area contributed by atoms with Gasteiger partial charge in [-0.1, -0.05) is 15.9 Å². The Morgan fingerprint density at radius 1 is 1.38 bits per heavy atom. The predicted octanol–water partition coefficient (Wildman–Crippen LogP) is 3.53. The minimum Gasteiger partial charge on any atom is -0.340 e. The highest BCUT2D eigenvalue weighted by atomic mass is 79.9. The molecule has 1 atom stereocenters. The molecule has 1 heterocycles. The summed E-state index contributed by atoms with van der Waals surface area (Å²) in [5, 5.41) is 3.29. The summed E-state index contributed by atoms with van der Waals surface area (Å²) < 4.78 is 0.618. The summed E-state index contributed by atoms with van der Waals surface area (Å²) in [4.78, 5) is 16.0. The van der Waals surface area contributed by atoms with Crippen LogP contribution in [0.5, 0.6) is 0 Å². The third-order valence-corrected chi connectivity index (χ3v) is 5.54. The van der Waals surface area contributed by atoms with Crippen molar-refractivity contribution in [1.82, 2.24) is 10.2 Å². The summed E-state index contributed by atoms with van der Waals surface area (Å²) in [5.74, 6) is 0.232. The van der Waals surface area contributed by atoms with Crippen molar-refractivity contribution in [2.75, 3.05) is 20.1 Å². The zero-order valence-corrected chi connectivity index (χ0v) is 15.3. The smallest absolute Gasteiger partial charge is 0.238 e. The lowest BCUT2D eigenvalue weighted by molar-refractivity contribution is -0.134. The first-order valence-electron chi connectivity index (χ1n) is 7.33. The van der Waals surface area contributed by atoms with Crippen LogP contribution >= 0.6 is 27.7 Å². The van der Waals surface area contributed by atoms with Gasteiger partial charge >= 0.3 is 0 Å². The first kappa shape index (κ1) is 16.8. The molecule has 1 unspecified atom stereocenters. The Bertz CT molecular complexity index is 490. The molecule has 1 aromatic carbocycles. The molecule has 2 rings (SSSR count). The molecule has 1 saturated heterocycles. The largest absolute Gasteiger partial charge is 0.340 e.